The summed E-state index contributed by atoms with van der Waals surface area (Å²) < 4.78 is 0. The van der Waals surface area contributed by atoms with Crippen LogP contribution in [0.3, 0.4) is 0 Å². The number of likely N-dealkylation sites (tertiary alicyclic amines) is 2. The first-order chi connectivity index (χ1) is 10.2. The van der Waals surface area contributed by atoms with Crippen molar-refractivity contribution in [2.75, 3.05) is 32.7 Å². The van der Waals surface area contributed by atoms with Crippen LogP contribution in [0.4, 0.5) is 0 Å². The molecule has 4 nitrogen and oxygen atoms in total. The van der Waals surface area contributed by atoms with Gasteiger partial charge < -0.3 is 15.1 Å². The van der Waals surface area contributed by atoms with E-state index in [1.807, 2.05) is 6.92 Å². The summed E-state index contributed by atoms with van der Waals surface area (Å²) in [5, 5.41) is 3.58. The van der Waals surface area contributed by atoms with Crippen molar-refractivity contribution in [2.45, 2.75) is 70.9 Å². The number of nitrogens with zero attached hydrogens (tertiary/aromatic N) is 2. The Morgan fingerprint density at radius 1 is 1.10 bits per heavy atom. The zero-order chi connectivity index (χ0) is 15.1. The average molecular weight is 295 g/mol. The Balaban J connectivity index is 1.73. The van der Waals surface area contributed by atoms with Gasteiger partial charge in [-0.1, -0.05) is 19.8 Å². The fourth-order valence-electron chi connectivity index (χ4n) is 3.63. The minimum atomic E-state index is -0.0224. The van der Waals surface area contributed by atoms with Crippen LogP contribution >= 0.6 is 0 Å². The molecule has 0 bridgehead atoms. The normalized spacial score (nSPS) is 23.8. The summed E-state index contributed by atoms with van der Waals surface area (Å²) in [7, 11) is 0. The van der Waals surface area contributed by atoms with Gasteiger partial charge in [0.25, 0.3) is 0 Å². The summed E-state index contributed by atoms with van der Waals surface area (Å²) in [6.45, 7) is 9.78. The number of hydrogen-bond acceptors (Lipinski definition) is 3. The van der Waals surface area contributed by atoms with Gasteiger partial charge in [0.1, 0.15) is 0 Å². The van der Waals surface area contributed by atoms with Gasteiger partial charge in [-0.2, -0.15) is 0 Å². The SMILES string of the molecule is CCCN1CCC(NC(C)C(=O)N2CCCCCC2)CC1. The van der Waals surface area contributed by atoms with Crippen LogP contribution in [0, 0.1) is 0 Å². The lowest BCUT2D eigenvalue weighted by molar-refractivity contribution is -0.133. The highest BCUT2D eigenvalue weighted by molar-refractivity contribution is 5.81. The number of nitrogens with one attached hydrogen (secondary N) is 1. The molecular formula is C17H33N3O. The average Bonchev–Trinajstić information content (AvgIpc) is 2.78. The van der Waals surface area contributed by atoms with E-state index >= 15 is 0 Å². The number of hydrogen-bond donors (Lipinski definition) is 1. The predicted molar refractivity (Wildman–Crippen MR) is 87.4 cm³/mol. The second-order valence-corrected chi connectivity index (χ2v) is 6.74. The molecule has 2 saturated heterocycles. The molecule has 1 unspecified atom stereocenters. The van der Waals surface area contributed by atoms with Crippen molar-refractivity contribution in [3.8, 4) is 0 Å². The van der Waals surface area contributed by atoms with Gasteiger partial charge in [-0.25, -0.2) is 0 Å². The number of piperidine rings is 1. The molecular weight excluding hydrogens is 262 g/mol. The third-order valence-corrected chi connectivity index (χ3v) is 4.90. The van der Waals surface area contributed by atoms with Crippen LogP contribution in [0.25, 0.3) is 0 Å². The van der Waals surface area contributed by atoms with E-state index in [1.54, 1.807) is 0 Å². The van der Waals surface area contributed by atoms with E-state index in [1.165, 1.54) is 64.6 Å². The van der Waals surface area contributed by atoms with Crippen LogP contribution in [0.5, 0.6) is 0 Å². The van der Waals surface area contributed by atoms with Crippen LogP contribution in [0.15, 0.2) is 0 Å². The Kier molecular flexibility index (Phi) is 6.97. The van der Waals surface area contributed by atoms with E-state index < -0.39 is 0 Å². The summed E-state index contributed by atoms with van der Waals surface area (Å²) in [6.07, 6.45) is 8.50. The van der Waals surface area contributed by atoms with Crippen LogP contribution in [0.2, 0.25) is 0 Å². The Bertz CT molecular complexity index is 305. The molecule has 2 aliphatic heterocycles. The second-order valence-electron chi connectivity index (χ2n) is 6.74. The zero-order valence-corrected chi connectivity index (χ0v) is 13.9. The van der Waals surface area contributed by atoms with Gasteiger partial charge in [-0.05, 0) is 58.7 Å². The molecule has 0 aromatic rings. The molecule has 0 saturated carbocycles. The molecule has 0 aliphatic carbocycles. The van der Waals surface area contributed by atoms with Gasteiger partial charge in [0, 0.05) is 19.1 Å². The third kappa shape index (κ3) is 5.26. The maximum absolute atomic E-state index is 12.5. The maximum atomic E-state index is 12.5. The molecule has 21 heavy (non-hydrogen) atoms. The molecule has 0 radical (unpaired) electrons. The summed E-state index contributed by atoms with van der Waals surface area (Å²) >= 11 is 0. The summed E-state index contributed by atoms with van der Waals surface area (Å²) in [5.41, 5.74) is 0. The fraction of sp³-hybridized carbons (Fsp3) is 0.941. The largest absolute Gasteiger partial charge is 0.341 e. The highest BCUT2D eigenvalue weighted by Crippen LogP contribution is 2.14. The van der Waals surface area contributed by atoms with Crippen LogP contribution < -0.4 is 5.32 Å². The fourth-order valence-corrected chi connectivity index (χ4v) is 3.63. The van der Waals surface area contributed by atoms with Crippen molar-refractivity contribution in [3.05, 3.63) is 0 Å². The molecule has 1 atom stereocenters. The van der Waals surface area contributed by atoms with Gasteiger partial charge >= 0.3 is 0 Å². The lowest BCUT2D eigenvalue weighted by atomic mass is 10.0. The highest BCUT2D eigenvalue weighted by Gasteiger charge is 2.25. The molecule has 0 spiro atoms. The second kappa shape index (κ2) is 8.74. The smallest absolute Gasteiger partial charge is 0.239 e. The minimum absolute atomic E-state index is 0.0224. The topological polar surface area (TPSA) is 35.6 Å². The molecule has 2 rings (SSSR count). The first-order valence-corrected chi connectivity index (χ1v) is 8.98. The number of carbonyl (C=O) groups excluding carboxylic acids is 1. The summed E-state index contributed by atoms with van der Waals surface area (Å²) in [5.74, 6) is 0.313. The van der Waals surface area contributed by atoms with Crippen molar-refractivity contribution >= 4 is 5.91 Å². The van der Waals surface area contributed by atoms with E-state index in [4.69, 9.17) is 0 Å². The van der Waals surface area contributed by atoms with E-state index in [0.717, 1.165) is 13.1 Å². The standard InChI is InChI=1S/C17H33N3O/c1-3-10-19-13-8-16(9-14-19)18-15(2)17(21)20-11-6-4-5-7-12-20/h15-16,18H,3-14H2,1-2H3. The predicted octanol–water partition coefficient (Wildman–Crippen LogP) is 2.24. The van der Waals surface area contributed by atoms with Crippen LogP contribution in [0.1, 0.15) is 58.8 Å². The summed E-state index contributed by atoms with van der Waals surface area (Å²) in [6, 6.07) is 0.495. The zero-order valence-electron chi connectivity index (χ0n) is 13.9. The van der Waals surface area contributed by atoms with Gasteiger partial charge in [0.05, 0.1) is 6.04 Å². The van der Waals surface area contributed by atoms with Gasteiger partial charge in [0.15, 0.2) is 0 Å². The Morgan fingerprint density at radius 3 is 2.29 bits per heavy atom. The maximum Gasteiger partial charge on any atom is 0.239 e. The lowest BCUT2D eigenvalue weighted by Crippen LogP contribution is -2.51. The Hall–Kier alpha value is -0.610. The van der Waals surface area contributed by atoms with Gasteiger partial charge in [-0.15, -0.1) is 0 Å². The van der Waals surface area contributed by atoms with Crippen LogP contribution in [-0.2, 0) is 4.79 Å². The number of carbonyl (C=O) groups is 1. The van der Waals surface area contributed by atoms with Gasteiger partial charge in [0.2, 0.25) is 5.91 Å². The summed E-state index contributed by atoms with van der Waals surface area (Å²) in [4.78, 5) is 17.2. The number of rotatable bonds is 5. The Morgan fingerprint density at radius 2 is 1.71 bits per heavy atom. The first kappa shape index (κ1) is 16.8. The molecule has 122 valence electrons. The molecule has 2 heterocycles. The van der Waals surface area contributed by atoms with Crippen molar-refractivity contribution in [1.82, 2.24) is 15.1 Å². The quantitative estimate of drug-likeness (QED) is 0.845. The van der Waals surface area contributed by atoms with Crippen molar-refractivity contribution in [3.63, 3.8) is 0 Å². The van der Waals surface area contributed by atoms with E-state index in [9.17, 15) is 4.79 Å². The van der Waals surface area contributed by atoms with Crippen molar-refractivity contribution in [2.24, 2.45) is 0 Å². The molecule has 4 heteroatoms. The highest BCUT2D eigenvalue weighted by atomic mass is 16.2. The molecule has 2 fully saturated rings. The van der Waals surface area contributed by atoms with E-state index in [0.29, 0.717) is 11.9 Å². The molecule has 1 amide bonds. The van der Waals surface area contributed by atoms with E-state index in [-0.39, 0.29) is 6.04 Å². The van der Waals surface area contributed by atoms with Crippen LogP contribution in [-0.4, -0.2) is 60.5 Å². The molecule has 0 aromatic heterocycles. The lowest BCUT2D eigenvalue weighted by Gasteiger charge is -2.34. The van der Waals surface area contributed by atoms with Crippen molar-refractivity contribution < 1.29 is 4.79 Å². The van der Waals surface area contributed by atoms with Gasteiger partial charge in [-0.3, -0.25) is 4.79 Å². The third-order valence-electron chi connectivity index (χ3n) is 4.90. The molecule has 0 aromatic carbocycles. The van der Waals surface area contributed by atoms with E-state index in [2.05, 4.69) is 22.0 Å². The Labute approximate surface area is 130 Å². The number of amides is 1. The van der Waals surface area contributed by atoms with Crippen molar-refractivity contribution in [1.29, 1.82) is 0 Å². The minimum Gasteiger partial charge on any atom is -0.341 e. The monoisotopic (exact) mass is 295 g/mol. The molecule has 1 N–H and O–H groups in total. The molecule has 2 aliphatic rings. The first-order valence-electron chi connectivity index (χ1n) is 8.98.